The van der Waals surface area contributed by atoms with E-state index >= 15 is 0 Å². The van der Waals surface area contributed by atoms with Crippen LogP contribution < -0.4 is 43.1 Å². The average molecular weight is 1570 g/mol. The zero-order chi connectivity index (χ0) is 77.6. The van der Waals surface area contributed by atoms with Gasteiger partial charge >= 0.3 is 12.1 Å². The van der Waals surface area contributed by atoms with E-state index in [1.165, 1.54) is 132 Å². The first-order chi connectivity index (χ1) is 53.9. The summed E-state index contributed by atoms with van der Waals surface area (Å²) in [6, 6.07) is 30.2. The van der Waals surface area contributed by atoms with Crippen LogP contribution in [0.15, 0.2) is 112 Å². The molecular formula is C81H125N11O17S. The lowest BCUT2D eigenvalue weighted by molar-refractivity contribution is -0.121. The molecule has 0 spiro atoms. The molecule has 110 heavy (non-hydrogen) atoms. The Labute approximate surface area is 658 Å². The van der Waals surface area contributed by atoms with E-state index in [-0.39, 0.29) is 65.6 Å². The van der Waals surface area contributed by atoms with Gasteiger partial charge in [-0.25, -0.2) is 9.59 Å². The number of aromatic hydroxyl groups is 1. The number of phenols is 1. The third kappa shape index (κ3) is 32.1. The van der Waals surface area contributed by atoms with Crippen LogP contribution in [0.25, 0.3) is 44.5 Å². The number of carboxylic acids is 1. The highest BCUT2D eigenvalue weighted by Gasteiger charge is 2.30. The van der Waals surface area contributed by atoms with Crippen molar-refractivity contribution >= 4 is 57.9 Å². The fourth-order valence-electron chi connectivity index (χ4n) is 13.3. The highest BCUT2D eigenvalue weighted by atomic mass is 32.1. The molecule has 4 aromatic carbocycles. The van der Waals surface area contributed by atoms with Crippen LogP contribution in [-0.2, 0) is 52.2 Å². The summed E-state index contributed by atoms with van der Waals surface area (Å²) in [7, 11) is 1.93. The number of phenolic OH excluding ortho intramolecular Hbond substituents is 1. The number of hydrogen-bond acceptors (Lipinski definition) is 23. The van der Waals surface area contributed by atoms with Gasteiger partial charge in [0.15, 0.2) is 10.5 Å². The molecule has 5 heterocycles. The molecule has 3 amide bonds. The van der Waals surface area contributed by atoms with Gasteiger partial charge in [-0.15, -0.1) is 0 Å². The topological polar surface area (TPSA) is 333 Å². The van der Waals surface area contributed by atoms with Gasteiger partial charge in [-0.1, -0.05) is 54.6 Å². The van der Waals surface area contributed by atoms with Crippen LogP contribution in [0.5, 0.6) is 5.75 Å². The summed E-state index contributed by atoms with van der Waals surface area (Å²) in [4.78, 5) is 69.0. The SMILES string of the molecule is CNCCOCCOCCN1CCCC1.NCC(=O)NCCOCCOCCN1CCCC1.O=C(CNC(=O)OCC1c2ccccc2-c2ccccc21)NCCOCCOCCN1CCCC1.O=C(O)c1cc(NC(=S)NCCOCCOCCN2CCCC2)ccc1-c1c2ccc(=O)cc-2oc2cc(O)ccc12.[3HH].[3HH].[3HH].[3HH]. The van der Waals surface area contributed by atoms with E-state index < -0.39 is 12.1 Å². The molecule has 10 N–H and O–H groups in total. The molecule has 4 fully saturated rings. The second-order valence-corrected chi connectivity index (χ2v) is 27.5. The molecule has 28 nitrogen and oxygen atoms in total. The molecule has 0 atom stereocenters. The van der Waals surface area contributed by atoms with Gasteiger partial charge in [0, 0.05) is 98.3 Å². The number of carbonyl (C=O) groups is 4. The van der Waals surface area contributed by atoms with E-state index in [1.807, 2.05) is 31.3 Å². The van der Waals surface area contributed by atoms with E-state index in [0.717, 1.165) is 90.0 Å². The number of rotatable bonds is 44. The van der Waals surface area contributed by atoms with E-state index in [0.29, 0.717) is 131 Å². The predicted octanol–water partition coefficient (Wildman–Crippen LogP) is 7.66. The number of amides is 3. The highest BCUT2D eigenvalue weighted by molar-refractivity contribution is 7.80. The minimum Gasteiger partial charge on any atom is -0.508 e. The molecule has 612 valence electrons. The maximum absolute atomic E-state index is 12.4. The van der Waals surface area contributed by atoms with E-state index in [2.05, 4.69) is 75.8 Å². The summed E-state index contributed by atoms with van der Waals surface area (Å²) >= 11 is 5.39. The van der Waals surface area contributed by atoms with Gasteiger partial charge in [-0.2, -0.15) is 0 Å². The molecule has 0 radical (unpaired) electrons. The molecule has 0 saturated carbocycles. The number of nitrogens with two attached hydrogens (primary N) is 1. The Kier molecular flexibility index (Phi) is 41.2. The maximum atomic E-state index is 12.4. The molecule has 4 saturated heterocycles. The fourth-order valence-corrected chi connectivity index (χ4v) is 13.5. The largest absolute Gasteiger partial charge is 0.508 e. The number of nitrogens with one attached hydrogen (secondary N) is 6. The van der Waals surface area contributed by atoms with Gasteiger partial charge < -0.3 is 114 Å². The van der Waals surface area contributed by atoms with Crippen molar-refractivity contribution in [1.29, 1.82) is 0 Å². The predicted molar refractivity (Wildman–Crippen MR) is 437 cm³/mol. The van der Waals surface area contributed by atoms with Crippen LogP contribution in [0, 0.1) is 0 Å². The smallest absolute Gasteiger partial charge is 0.407 e. The van der Waals surface area contributed by atoms with E-state index in [1.54, 1.807) is 24.3 Å². The third-order valence-electron chi connectivity index (χ3n) is 19.0. The minimum atomic E-state index is -1.13. The molecule has 0 unspecified atom stereocenters. The number of nitrogens with zero attached hydrogens (tertiary/aromatic N) is 4. The van der Waals surface area contributed by atoms with Crippen molar-refractivity contribution in [2.45, 2.75) is 57.3 Å². The summed E-state index contributed by atoms with van der Waals surface area (Å²) in [6.45, 7) is 25.9. The Bertz CT molecular complexity index is 3680. The van der Waals surface area contributed by atoms with Crippen LogP contribution >= 0.6 is 12.2 Å². The zero-order valence-corrected chi connectivity index (χ0v) is 64.9. The van der Waals surface area contributed by atoms with Crippen LogP contribution in [0.3, 0.4) is 0 Å². The number of anilines is 1. The van der Waals surface area contributed by atoms with Gasteiger partial charge in [-0.05, 0) is 187 Å². The summed E-state index contributed by atoms with van der Waals surface area (Å²) in [5, 5.41) is 38.0. The normalized spacial score (nSPS) is 14.9. The number of carboxylic acid groups (broad SMARTS) is 1. The van der Waals surface area contributed by atoms with Crippen molar-refractivity contribution in [1.82, 2.24) is 46.2 Å². The lowest BCUT2D eigenvalue weighted by Gasteiger charge is -2.18. The lowest BCUT2D eigenvalue weighted by Crippen LogP contribution is -2.38. The number of benzene rings is 5. The molecule has 11 rings (SSSR count). The molecule has 29 heteroatoms. The van der Waals surface area contributed by atoms with Crippen molar-refractivity contribution < 1.29 is 82.1 Å². The second-order valence-electron chi connectivity index (χ2n) is 27.0. The fraction of sp³-hybridized carbons (Fsp3) is 0.556. The summed E-state index contributed by atoms with van der Waals surface area (Å²) in [5.74, 6) is -1.31. The molecule has 0 bridgehead atoms. The molecule has 2 aliphatic carbocycles. The van der Waals surface area contributed by atoms with E-state index in [9.17, 15) is 34.2 Å². The van der Waals surface area contributed by atoms with Gasteiger partial charge in [0.2, 0.25) is 11.8 Å². The summed E-state index contributed by atoms with van der Waals surface area (Å²) in [6.07, 6.45) is 9.86. The standard InChI is InChI=1S/C31H33N3O7S.C27H35N3O5.C12H25N3O3.C11H24N2O2.4H2/c35-21-4-7-24-27(18-21)41-28-19-22(36)5-8-25(28)29(24)23-6-3-20(17-26(23)30(37)38)33-31(42)32-9-13-39-15-16-40-14-12-34-10-1-2-11-34;31-26(28-11-15-33-17-18-34-16-14-30-12-5-6-13-30)19-29-27(32)35-20-25-23-9-3-1-7-21(23)22-8-2-4-10-24(22)25;13-11-12(16)14-3-7-17-9-10-18-8-6-15-4-1-2-5-15;1-12-4-8-14-10-11-15-9-7-13-5-2-3-6-13;;;;/h3-8,17-19,35H,1-2,9-16H2,(H,37,38)(H2,32,33,42);1-4,7-10,25H,5-6,11-20H2,(H,28,31)(H,29,32);1-11,13H2,(H,14,16);12H,2-11H2,1H3;4*1H/i;;;;4*1+2. The Morgan fingerprint density at radius 1 is 0.509 bits per heavy atom. The van der Waals surface area contributed by atoms with Crippen molar-refractivity contribution in [2.24, 2.45) is 5.73 Å². The molecule has 7 aliphatic rings. The van der Waals surface area contributed by atoms with Gasteiger partial charge in [0.1, 0.15) is 23.7 Å². The molecule has 4 aromatic rings. The summed E-state index contributed by atoms with van der Waals surface area (Å²) in [5.41, 5.74) is 12.0. The first-order valence-corrected chi connectivity index (χ1v) is 39.4. The van der Waals surface area contributed by atoms with Crippen molar-refractivity contribution in [2.75, 3.05) is 242 Å². The van der Waals surface area contributed by atoms with Crippen molar-refractivity contribution in [3.05, 3.63) is 130 Å². The number of ether oxygens (including phenoxy) is 9. The number of fused-ring (bicyclic) bond motifs is 5. The number of hydrogen-bond donors (Lipinski definition) is 9. The van der Waals surface area contributed by atoms with Crippen LogP contribution in [0.2, 0.25) is 0 Å². The first-order valence-electron chi connectivity index (χ1n) is 39.0. The maximum Gasteiger partial charge on any atom is 0.407 e. The summed E-state index contributed by atoms with van der Waals surface area (Å²) < 4.78 is 55.2. The number of aromatic carboxylic acids is 1. The Morgan fingerprint density at radius 2 is 0.955 bits per heavy atom. The van der Waals surface area contributed by atoms with Gasteiger partial charge in [-0.3, -0.25) is 14.4 Å². The van der Waals surface area contributed by atoms with Crippen LogP contribution in [0.1, 0.15) is 84.5 Å². The number of alkyl carbamates (subject to hydrolysis) is 1. The molecule has 5 aliphatic heterocycles. The Hall–Kier alpha value is -7.82. The third-order valence-corrected chi connectivity index (χ3v) is 19.3. The van der Waals surface area contributed by atoms with Gasteiger partial charge in [0.05, 0.1) is 124 Å². The number of carbonyl (C=O) groups excluding carboxylic acids is 3. The lowest BCUT2D eigenvalue weighted by atomic mass is 9.90. The highest BCUT2D eigenvalue weighted by Crippen LogP contribution is 2.45. The minimum absolute atomic E-state index is 0. The number of thiocarbonyl (C=S) groups is 1. The number of likely N-dealkylation sites (N-methyl/N-ethyl adjacent to an activating group) is 1. The quantitative estimate of drug-likeness (QED) is 0.0101. The Balaban J connectivity index is 0.000000341. The average Bonchev–Trinajstić information content (AvgIpc) is 0.939. The second kappa shape index (κ2) is 51.7. The monoisotopic (exact) mass is 1560 g/mol. The van der Waals surface area contributed by atoms with Crippen molar-refractivity contribution in [3.8, 4) is 39.3 Å². The van der Waals surface area contributed by atoms with E-state index in [4.69, 9.17) is 65.0 Å². The van der Waals surface area contributed by atoms with Gasteiger partial charge in [0.25, 0.3) is 0 Å². The molecule has 0 aromatic heterocycles. The number of likely N-dealkylation sites (tertiary alicyclic amines) is 4. The van der Waals surface area contributed by atoms with Crippen LogP contribution in [-0.4, -0.2) is 296 Å². The Morgan fingerprint density at radius 3 is 1.43 bits per heavy atom. The van der Waals surface area contributed by atoms with Crippen molar-refractivity contribution in [3.63, 3.8) is 0 Å². The van der Waals surface area contributed by atoms with Crippen LogP contribution in [0.4, 0.5) is 10.5 Å². The first kappa shape index (κ1) is 87.8. The molecular weight excluding hydrogens is 1430 g/mol. The zero-order valence-electron chi connectivity index (χ0n) is 64.1.